The summed E-state index contributed by atoms with van der Waals surface area (Å²) in [6.45, 7) is 6.42. The molecule has 4 heterocycles. The minimum absolute atomic E-state index is 0.229. The fourth-order valence-corrected chi connectivity index (χ4v) is 6.40. The summed E-state index contributed by atoms with van der Waals surface area (Å²) in [5.41, 5.74) is 1.01. The number of hydrogen-bond donors (Lipinski definition) is 0. The van der Waals surface area contributed by atoms with Crippen molar-refractivity contribution in [2.75, 3.05) is 44.2 Å². The Kier molecular flexibility index (Phi) is 7.41. The smallest absolute Gasteiger partial charge is 0.410 e. The van der Waals surface area contributed by atoms with E-state index in [2.05, 4.69) is 20.0 Å². The van der Waals surface area contributed by atoms with Crippen LogP contribution >= 0.6 is 11.3 Å². The molecule has 3 aliphatic rings. The normalized spacial score (nSPS) is 23.0. The zero-order chi connectivity index (χ0) is 22.5. The van der Waals surface area contributed by atoms with Gasteiger partial charge in [-0.2, -0.15) is 0 Å². The molecular formula is C25H35N5O2S. The monoisotopic (exact) mass is 469 g/mol. The molecule has 0 radical (unpaired) electrons. The molecule has 0 aliphatic carbocycles. The van der Waals surface area contributed by atoms with Crippen molar-refractivity contribution < 1.29 is 9.53 Å². The maximum atomic E-state index is 12.6. The molecule has 2 aromatic rings. The van der Waals surface area contributed by atoms with Crippen LogP contribution in [0.5, 0.6) is 0 Å². The molecule has 1 atom stereocenters. The Hall–Kier alpha value is -2.19. The molecule has 1 amide bonds. The SMILES string of the molecule is O=C(OCc1ccccc1)N1CCC[C@H](c2nnc(N3CCC(N4CCCCC4)CC3)s2)C1. The first-order valence-electron chi connectivity index (χ1n) is 12.5. The maximum absolute atomic E-state index is 12.6. The van der Waals surface area contributed by atoms with Gasteiger partial charge in [-0.15, -0.1) is 10.2 Å². The fourth-order valence-electron chi connectivity index (χ4n) is 5.38. The Morgan fingerprint density at radius 1 is 0.939 bits per heavy atom. The van der Waals surface area contributed by atoms with Crippen LogP contribution in [0, 0.1) is 0 Å². The lowest BCUT2D eigenvalue weighted by Crippen LogP contribution is -2.46. The summed E-state index contributed by atoms with van der Waals surface area (Å²) in [7, 11) is 0. The highest BCUT2D eigenvalue weighted by molar-refractivity contribution is 7.15. The van der Waals surface area contributed by atoms with Crippen LogP contribution in [-0.4, -0.2) is 71.4 Å². The molecule has 0 saturated carbocycles. The number of carbonyl (C=O) groups excluding carboxylic acids is 1. The van der Waals surface area contributed by atoms with Gasteiger partial charge in [0, 0.05) is 38.1 Å². The lowest BCUT2D eigenvalue weighted by molar-refractivity contribution is 0.0858. The van der Waals surface area contributed by atoms with Gasteiger partial charge in [0.05, 0.1) is 0 Å². The second-order valence-electron chi connectivity index (χ2n) is 9.56. The van der Waals surface area contributed by atoms with Gasteiger partial charge in [-0.05, 0) is 57.2 Å². The lowest BCUT2D eigenvalue weighted by Gasteiger charge is -2.40. The van der Waals surface area contributed by atoms with E-state index in [-0.39, 0.29) is 12.0 Å². The molecule has 33 heavy (non-hydrogen) atoms. The summed E-state index contributed by atoms with van der Waals surface area (Å²) >= 11 is 1.72. The summed E-state index contributed by atoms with van der Waals surface area (Å²) in [6, 6.07) is 10.6. The van der Waals surface area contributed by atoms with Crippen molar-refractivity contribution in [3.8, 4) is 0 Å². The van der Waals surface area contributed by atoms with Crippen molar-refractivity contribution in [3.05, 3.63) is 40.9 Å². The number of benzene rings is 1. The molecule has 8 heteroatoms. The molecule has 3 saturated heterocycles. The van der Waals surface area contributed by atoms with Gasteiger partial charge in [-0.25, -0.2) is 4.79 Å². The minimum atomic E-state index is -0.229. The van der Waals surface area contributed by atoms with Crippen molar-refractivity contribution in [1.29, 1.82) is 0 Å². The molecule has 1 aromatic carbocycles. The zero-order valence-corrected chi connectivity index (χ0v) is 20.2. The first-order chi connectivity index (χ1) is 16.3. The van der Waals surface area contributed by atoms with E-state index < -0.39 is 0 Å². The van der Waals surface area contributed by atoms with Gasteiger partial charge in [0.15, 0.2) is 0 Å². The van der Waals surface area contributed by atoms with Crippen LogP contribution in [0.1, 0.15) is 61.4 Å². The third kappa shape index (κ3) is 5.66. The van der Waals surface area contributed by atoms with E-state index in [0.29, 0.717) is 13.2 Å². The van der Waals surface area contributed by atoms with E-state index in [1.807, 2.05) is 35.2 Å². The molecule has 7 nitrogen and oxygen atoms in total. The van der Waals surface area contributed by atoms with Crippen LogP contribution in [0.3, 0.4) is 0 Å². The molecule has 0 bridgehead atoms. The number of piperidine rings is 3. The Labute approximate surface area is 200 Å². The third-order valence-corrected chi connectivity index (χ3v) is 8.45. The average molecular weight is 470 g/mol. The van der Waals surface area contributed by atoms with E-state index in [1.54, 1.807) is 11.3 Å². The highest BCUT2D eigenvalue weighted by atomic mass is 32.1. The number of anilines is 1. The zero-order valence-electron chi connectivity index (χ0n) is 19.4. The van der Waals surface area contributed by atoms with Gasteiger partial charge in [0.2, 0.25) is 5.13 Å². The number of hydrogen-bond acceptors (Lipinski definition) is 7. The fraction of sp³-hybridized carbons (Fsp3) is 0.640. The van der Waals surface area contributed by atoms with E-state index >= 15 is 0 Å². The van der Waals surface area contributed by atoms with Crippen LogP contribution in [0.4, 0.5) is 9.93 Å². The van der Waals surface area contributed by atoms with Crippen molar-refractivity contribution >= 4 is 22.6 Å². The molecule has 0 unspecified atom stereocenters. The Morgan fingerprint density at radius 3 is 2.52 bits per heavy atom. The number of amides is 1. The molecule has 0 spiro atoms. The van der Waals surface area contributed by atoms with Crippen LogP contribution in [0.25, 0.3) is 0 Å². The Balaban J connectivity index is 1.12. The maximum Gasteiger partial charge on any atom is 0.410 e. The number of rotatable bonds is 5. The highest BCUT2D eigenvalue weighted by Crippen LogP contribution is 2.33. The number of carbonyl (C=O) groups is 1. The molecule has 178 valence electrons. The molecular weight excluding hydrogens is 434 g/mol. The topological polar surface area (TPSA) is 61.8 Å². The second kappa shape index (κ2) is 10.8. The second-order valence-corrected chi connectivity index (χ2v) is 10.6. The summed E-state index contributed by atoms with van der Waals surface area (Å²) < 4.78 is 5.55. The average Bonchev–Trinajstić information content (AvgIpc) is 3.39. The number of likely N-dealkylation sites (tertiary alicyclic amines) is 2. The molecule has 3 fully saturated rings. The van der Waals surface area contributed by atoms with Crippen LogP contribution in [0.2, 0.25) is 0 Å². The van der Waals surface area contributed by atoms with E-state index in [4.69, 9.17) is 4.74 Å². The van der Waals surface area contributed by atoms with Gasteiger partial charge >= 0.3 is 6.09 Å². The number of nitrogens with zero attached hydrogens (tertiary/aromatic N) is 5. The van der Waals surface area contributed by atoms with Gasteiger partial charge in [0.25, 0.3) is 0 Å². The Morgan fingerprint density at radius 2 is 1.73 bits per heavy atom. The van der Waals surface area contributed by atoms with Gasteiger partial charge < -0.3 is 19.4 Å². The van der Waals surface area contributed by atoms with E-state index in [9.17, 15) is 4.79 Å². The van der Waals surface area contributed by atoms with Crippen molar-refractivity contribution in [2.45, 2.75) is 63.5 Å². The number of ether oxygens (including phenoxy) is 1. The van der Waals surface area contributed by atoms with Crippen molar-refractivity contribution in [2.24, 2.45) is 0 Å². The summed E-state index contributed by atoms with van der Waals surface area (Å²) in [4.78, 5) is 19.6. The predicted molar refractivity (Wildman–Crippen MR) is 131 cm³/mol. The summed E-state index contributed by atoms with van der Waals surface area (Å²) in [5, 5.41) is 11.2. The number of aromatic nitrogens is 2. The summed E-state index contributed by atoms with van der Waals surface area (Å²) in [6.07, 6.45) is 8.35. The first-order valence-corrected chi connectivity index (χ1v) is 13.4. The third-order valence-electron chi connectivity index (χ3n) is 7.31. The van der Waals surface area contributed by atoms with Gasteiger partial charge in [-0.1, -0.05) is 48.1 Å². The van der Waals surface area contributed by atoms with Crippen LogP contribution in [0.15, 0.2) is 30.3 Å². The molecule has 5 rings (SSSR count). The van der Waals surface area contributed by atoms with Crippen LogP contribution in [-0.2, 0) is 11.3 Å². The molecule has 3 aliphatic heterocycles. The van der Waals surface area contributed by atoms with Gasteiger partial charge in [0.1, 0.15) is 11.6 Å². The quantitative estimate of drug-likeness (QED) is 0.642. The largest absolute Gasteiger partial charge is 0.445 e. The minimum Gasteiger partial charge on any atom is -0.445 e. The Bertz CT molecular complexity index is 893. The summed E-state index contributed by atoms with van der Waals surface area (Å²) in [5.74, 6) is 0.250. The van der Waals surface area contributed by atoms with Crippen LogP contribution < -0.4 is 4.90 Å². The van der Waals surface area contributed by atoms with E-state index in [0.717, 1.165) is 54.2 Å². The molecule has 0 N–H and O–H groups in total. The first kappa shape index (κ1) is 22.6. The van der Waals surface area contributed by atoms with Crippen molar-refractivity contribution in [3.63, 3.8) is 0 Å². The van der Waals surface area contributed by atoms with Gasteiger partial charge in [-0.3, -0.25) is 0 Å². The highest BCUT2D eigenvalue weighted by Gasteiger charge is 2.30. The molecule has 1 aromatic heterocycles. The standard InChI is InChI=1S/C25H35N5O2S/c31-25(32-19-20-8-3-1-4-9-20)30-15-7-10-21(18-30)23-26-27-24(33-23)29-16-11-22(12-17-29)28-13-5-2-6-14-28/h1,3-4,8-9,21-22H,2,5-7,10-19H2/t21-/m0/s1. The van der Waals surface area contributed by atoms with E-state index in [1.165, 1.54) is 45.2 Å². The van der Waals surface area contributed by atoms with Crippen molar-refractivity contribution in [1.82, 2.24) is 20.0 Å². The lowest BCUT2D eigenvalue weighted by atomic mass is 9.99. The predicted octanol–water partition coefficient (Wildman–Crippen LogP) is 4.51.